The molecule has 0 fully saturated rings. The molecule has 0 spiro atoms. The Labute approximate surface area is 124 Å². The van der Waals surface area contributed by atoms with Crippen LogP contribution in [0.4, 0.5) is 22.0 Å². The summed E-state index contributed by atoms with van der Waals surface area (Å²) in [7, 11) is 0. The third-order valence-corrected chi connectivity index (χ3v) is 3.35. The molecule has 0 aliphatic carbocycles. The molecule has 2 aromatic rings. The quantitative estimate of drug-likeness (QED) is 0.728. The first-order valence-electron chi connectivity index (χ1n) is 5.94. The topological polar surface area (TPSA) is 120 Å². The van der Waals surface area contributed by atoms with E-state index in [2.05, 4.69) is 20.3 Å². The van der Waals surface area contributed by atoms with E-state index < -0.39 is 11.1 Å². The number of carbonyl (C=O) groups excluding carboxylic acids is 1. The fourth-order valence-corrected chi connectivity index (χ4v) is 2.24. The van der Waals surface area contributed by atoms with E-state index in [4.69, 9.17) is 11.5 Å². The van der Waals surface area contributed by atoms with Gasteiger partial charge in [-0.1, -0.05) is 17.8 Å². The Hall–Kier alpha value is -2.42. The number of aromatic nitrogens is 3. The molecule has 0 unspecified atom stereocenters. The van der Waals surface area contributed by atoms with E-state index in [1.54, 1.807) is 13.0 Å². The molecule has 0 radical (unpaired) electrons. The van der Waals surface area contributed by atoms with E-state index >= 15 is 0 Å². The van der Waals surface area contributed by atoms with Crippen molar-refractivity contribution >= 4 is 35.3 Å². The van der Waals surface area contributed by atoms with Crippen molar-refractivity contribution in [3.63, 3.8) is 0 Å². The van der Waals surface area contributed by atoms with Crippen molar-refractivity contribution in [1.29, 1.82) is 0 Å². The Bertz CT molecular complexity index is 648. The molecule has 9 heteroatoms. The first kappa shape index (κ1) is 15.0. The number of benzene rings is 1. The van der Waals surface area contributed by atoms with E-state index in [0.717, 1.165) is 11.8 Å². The van der Waals surface area contributed by atoms with E-state index in [1.165, 1.54) is 18.2 Å². The largest absolute Gasteiger partial charge is 0.368 e. The van der Waals surface area contributed by atoms with Crippen LogP contribution in [0.2, 0.25) is 0 Å². The number of nitrogens with zero attached hydrogens (tertiary/aromatic N) is 3. The summed E-state index contributed by atoms with van der Waals surface area (Å²) >= 11 is 1.08. The summed E-state index contributed by atoms with van der Waals surface area (Å²) in [5.74, 6) is -0.764. The van der Waals surface area contributed by atoms with Gasteiger partial charge in [-0.05, 0) is 25.1 Å². The number of nitrogens with two attached hydrogens (primary N) is 2. The van der Waals surface area contributed by atoms with Crippen molar-refractivity contribution in [2.45, 2.75) is 17.3 Å². The monoisotopic (exact) mass is 308 g/mol. The van der Waals surface area contributed by atoms with Crippen molar-refractivity contribution < 1.29 is 9.18 Å². The van der Waals surface area contributed by atoms with Gasteiger partial charge in [0.15, 0.2) is 5.16 Å². The molecule has 1 heterocycles. The smallest absolute Gasteiger partial charge is 0.237 e. The number of nitrogen functional groups attached to an aromatic ring is 2. The van der Waals surface area contributed by atoms with Gasteiger partial charge in [0.25, 0.3) is 0 Å². The van der Waals surface area contributed by atoms with Crippen LogP contribution in [-0.4, -0.2) is 26.1 Å². The minimum atomic E-state index is -0.519. The average molecular weight is 308 g/mol. The average Bonchev–Trinajstić information content (AvgIpc) is 2.37. The predicted molar refractivity (Wildman–Crippen MR) is 79.0 cm³/mol. The van der Waals surface area contributed by atoms with Crippen molar-refractivity contribution in [3.05, 3.63) is 30.1 Å². The highest BCUT2D eigenvalue weighted by Crippen LogP contribution is 2.21. The second-order valence-electron chi connectivity index (χ2n) is 4.09. The molecule has 0 aliphatic rings. The number of rotatable bonds is 4. The predicted octanol–water partition coefficient (Wildman–Crippen LogP) is 1.29. The maximum Gasteiger partial charge on any atom is 0.237 e. The number of thioether (sulfide) groups is 1. The molecule has 0 saturated carbocycles. The van der Waals surface area contributed by atoms with Crippen molar-refractivity contribution in [3.8, 4) is 0 Å². The van der Waals surface area contributed by atoms with Crippen LogP contribution in [0.25, 0.3) is 0 Å². The second kappa shape index (κ2) is 6.35. The van der Waals surface area contributed by atoms with Gasteiger partial charge in [-0.3, -0.25) is 4.79 Å². The maximum absolute atomic E-state index is 13.0. The molecule has 21 heavy (non-hydrogen) atoms. The standard InChI is InChI=1S/C12H13FN6OS/c1-6(21-12-18-10(14)17-11(15)19-12)9(20)16-8-4-2-3-7(13)5-8/h2-6H,1H3,(H,16,20)(H4,14,15,17,18,19)/t6-/m0/s1. The lowest BCUT2D eigenvalue weighted by Crippen LogP contribution is -2.23. The van der Waals surface area contributed by atoms with Crippen LogP contribution in [-0.2, 0) is 4.79 Å². The molecule has 5 N–H and O–H groups in total. The molecule has 1 atom stereocenters. The van der Waals surface area contributed by atoms with Gasteiger partial charge in [-0.2, -0.15) is 15.0 Å². The van der Waals surface area contributed by atoms with E-state index in [0.29, 0.717) is 5.69 Å². The van der Waals surface area contributed by atoms with E-state index in [-0.39, 0.29) is 23.0 Å². The normalized spacial score (nSPS) is 11.9. The SMILES string of the molecule is C[C@H](Sc1nc(N)nc(N)n1)C(=O)Nc1cccc(F)c1. The highest BCUT2D eigenvalue weighted by molar-refractivity contribution is 8.00. The van der Waals surface area contributed by atoms with Crippen molar-refractivity contribution in [2.24, 2.45) is 0 Å². The van der Waals surface area contributed by atoms with Gasteiger partial charge in [0.1, 0.15) is 5.82 Å². The summed E-state index contributed by atoms with van der Waals surface area (Å²) in [5, 5.41) is 2.33. The van der Waals surface area contributed by atoms with Gasteiger partial charge in [0.2, 0.25) is 17.8 Å². The van der Waals surface area contributed by atoms with Crippen LogP contribution in [0.15, 0.2) is 29.4 Å². The Morgan fingerprint density at radius 1 is 1.29 bits per heavy atom. The molecular weight excluding hydrogens is 295 g/mol. The number of amides is 1. The van der Waals surface area contributed by atoms with E-state index in [1.807, 2.05) is 0 Å². The van der Waals surface area contributed by atoms with E-state index in [9.17, 15) is 9.18 Å². The van der Waals surface area contributed by atoms with Gasteiger partial charge in [0, 0.05) is 5.69 Å². The molecule has 0 aliphatic heterocycles. The zero-order valence-corrected chi connectivity index (χ0v) is 11.9. The Morgan fingerprint density at radius 3 is 2.57 bits per heavy atom. The number of anilines is 3. The molecule has 0 bridgehead atoms. The molecular formula is C12H13FN6OS. The number of hydrogen-bond donors (Lipinski definition) is 3. The minimum absolute atomic E-state index is 0.0114. The zero-order chi connectivity index (χ0) is 15.4. The summed E-state index contributed by atoms with van der Waals surface area (Å²) in [5.41, 5.74) is 11.3. The molecule has 2 rings (SSSR count). The number of halogens is 1. The zero-order valence-electron chi connectivity index (χ0n) is 11.1. The molecule has 1 aromatic heterocycles. The summed E-state index contributed by atoms with van der Waals surface area (Å²) in [6.07, 6.45) is 0. The van der Waals surface area contributed by atoms with Gasteiger partial charge >= 0.3 is 0 Å². The van der Waals surface area contributed by atoms with Crippen LogP contribution < -0.4 is 16.8 Å². The molecule has 110 valence electrons. The van der Waals surface area contributed by atoms with Crippen LogP contribution >= 0.6 is 11.8 Å². The molecule has 1 amide bonds. The van der Waals surface area contributed by atoms with Crippen LogP contribution in [0.3, 0.4) is 0 Å². The van der Waals surface area contributed by atoms with Gasteiger partial charge < -0.3 is 16.8 Å². The maximum atomic E-state index is 13.0. The lowest BCUT2D eigenvalue weighted by molar-refractivity contribution is -0.115. The summed E-state index contributed by atoms with van der Waals surface area (Å²) < 4.78 is 13.0. The first-order valence-corrected chi connectivity index (χ1v) is 6.82. The fourth-order valence-electron chi connectivity index (χ4n) is 1.46. The Morgan fingerprint density at radius 2 is 1.95 bits per heavy atom. The van der Waals surface area contributed by atoms with Gasteiger partial charge in [0.05, 0.1) is 5.25 Å². The number of carbonyl (C=O) groups is 1. The Balaban J connectivity index is 2.02. The van der Waals surface area contributed by atoms with Gasteiger partial charge in [-0.25, -0.2) is 4.39 Å². The van der Waals surface area contributed by atoms with Crippen LogP contribution in [0, 0.1) is 5.82 Å². The highest BCUT2D eigenvalue weighted by Gasteiger charge is 2.17. The molecule has 0 saturated heterocycles. The lowest BCUT2D eigenvalue weighted by Gasteiger charge is -2.11. The van der Waals surface area contributed by atoms with Crippen molar-refractivity contribution in [2.75, 3.05) is 16.8 Å². The first-order chi connectivity index (χ1) is 9.94. The summed E-state index contributed by atoms with van der Waals surface area (Å²) in [4.78, 5) is 23.4. The van der Waals surface area contributed by atoms with Crippen molar-refractivity contribution in [1.82, 2.24) is 15.0 Å². The Kier molecular flexibility index (Phi) is 4.53. The van der Waals surface area contributed by atoms with Gasteiger partial charge in [-0.15, -0.1) is 0 Å². The van der Waals surface area contributed by atoms with Crippen LogP contribution in [0.1, 0.15) is 6.92 Å². The third kappa shape index (κ3) is 4.28. The second-order valence-corrected chi connectivity index (χ2v) is 5.40. The number of hydrogen-bond acceptors (Lipinski definition) is 7. The highest BCUT2D eigenvalue weighted by atomic mass is 32.2. The summed E-state index contributed by atoms with van der Waals surface area (Å²) in [6.45, 7) is 1.66. The van der Waals surface area contributed by atoms with Crippen LogP contribution in [0.5, 0.6) is 0 Å². The summed E-state index contributed by atoms with van der Waals surface area (Å²) in [6, 6.07) is 5.63. The molecule has 7 nitrogen and oxygen atoms in total. The lowest BCUT2D eigenvalue weighted by atomic mass is 10.3. The third-order valence-electron chi connectivity index (χ3n) is 2.39. The number of nitrogens with one attached hydrogen (secondary N) is 1. The molecule has 1 aromatic carbocycles. The fraction of sp³-hybridized carbons (Fsp3) is 0.167. The minimum Gasteiger partial charge on any atom is -0.368 e.